The van der Waals surface area contributed by atoms with Crippen molar-refractivity contribution in [3.05, 3.63) is 41.5 Å². The third-order valence-corrected chi connectivity index (χ3v) is 5.15. The summed E-state index contributed by atoms with van der Waals surface area (Å²) >= 11 is 0. The Morgan fingerprint density at radius 2 is 1.96 bits per heavy atom. The minimum atomic E-state index is -0.836. The number of amides is 1. The molecule has 0 spiro atoms. The molecular weight excluding hydrogens is 328 g/mol. The van der Waals surface area contributed by atoms with Crippen molar-refractivity contribution in [3.63, 3.8) is 0 Å². The van der Waals surface area contributed by atoms with Crippen molar-refractivity contribution in [2.45, 2.75) is 52.2 Å². The molecule has 4 atom stereocenters. The minimum Gasteiger partial charge on any atom is -0.449 e. The van der Waals surface area contributed by atoms with Crippen LogP contribution in [-0.2, 0) is 14.3 Å². The summed E-state index contributed by atoms with van der Waals surface area (Å²) in [6, 6.07) is 9.01. The second kappa shape index (κ2) is 9.19. The van der Waals surface area contributed by atoms with Gasteiger partial charge in [0.1, 0.15) is 0 Å². The van der Waals surface area contributed by atoms with Crippen LogP contribution < -0.4 is 5.32 Å². The van der Waals surface area contributed by atoms with E-state index in [1.54, 1.807) is 37.3 Å². The van der Waals surface area contributed by atoms with E-state index in [0.29, 0.717) is 17.4 Å². The van der Waals surface area contributed by atoms with Gasteiger partial charge in [0.15, 0.2) is 6.10 Å². The topological polar surface area (TPSA) is 79.2 Å². The fourth-order valence-electron chi connectivity index (χ4n) is 3.19. The number of carbonyl (C=O) groups excluding carboxylic acids is 2. The van der Waals surface area contributed by atoms with E-state index in [4.69, 9.17) is 10.00 Å². The van der Waals surface area contributed by atoms with E-state index in [9.17, 15) is 9.59 Å². The van der Waals surface area contributed by atoms with Crippen LogP contribution in [0.15, 0.2) is 30.3 Å². The van der Waals surface area contributed by atoms with Crippen molar-refractivity contribution in [1.82, 2.24) is 5.32 Å². The van der Waals surface area contributed by atoms with Gasteiger partial charge in [0.25, 0.3) is 5.91 Å². The Morgan fingerprint density at radius 1 is 1.27 bits per heavy atom. The first kappa shape index (κ1) is 19.7. The van der Waals surface area contributed by atoms with Crippen molar-refractivity contribution in [2.75, 3.05) is 0 Å². The first-order valence-corrected chi connectivity index (χ1v) is 9.10. The summed E-state index contributed by atoms with van der Waals surface area (Å²) < 4.78 is 5.19. The highest BCUT2D eigenvalue weighted by atomic mass is 16.5. The predicted molar refractivity (Wildman–Crippen MR) is 99.9 cm³/mol. The van der Waals surface area contributed by atoms with Gasteiger partial charge in [-0.1, -0.05) is 38.8 Å². The number of ether oxygens (including phenoxy) is 1. The van der Waals surface area contributed by atoms with Crippen molar-refractivity contribution < 1.29 is 14.3 Å². The van der Waals surface area contributed by atoms with E-state index in [-0.39, 0.29) is 11.9 Å². The van der Waals surface area contributed by atoms with Gasteiger partial charge in [-0.05, 0) is 49.0 Å². The molecule has 0 aromatic heterocycles. The number of esters is 1. The van der Waals surface area contributed by atoms with Crippen molar-refractivity contribution in [2.24, 2.45) is 11.8 Å². The van der Waals surface area contributed by atoms with Gasteiger partial charge < -0.3 is 10.1 Å². The quantitative estimate of drug-likeness (QED) is 0.649. The molecule has 1 aromatic carbocycles. The van der Waals surface area contributed by atoms with Crippen LogP contribution in [0.3, 0.4) is 0 Å². The average molecular weight is 354 g/mol. The molecule has 5 heteroatoms. The van der Waals surface area contributed by atoms with Crippen LogP contribution in [0.25, 0.3) is 6.08 Å². The van der Waals surface area contributed by atoms with Crippen molar-refractivity contribution in [1.29, 1.82) is 5.26 Å². The number of hydrogen-bond acceptors (Lipinski definition) is 4. The summed E-state index contributed by atoms with van der Waals surface area (Å²) in [5.41, 5.74) is 1.34. The molecule has 1 amide bonds. The van der Waals surface area contributed by atoms with Crippen LogP contribution in [0.2, 0.25) is 0 Å². The molecule has 1 aromatic rings. The summed E-state index contributed by atoms with van der Waals surface area (Å²) in [5, 5.41) is 11.8. The van der Waals surface area contributed by atoms with E-state index < -0.39 is 12.1 Å². The second-order valence-electron chi connectivity index (χ2n) is 7.03. The Balaban J connectivity index is 1.84. The smallest absolute Gasteiger partial charge is 0.331 e. The highest BCUT2D eigenvalue weighted by Gasteiger charge is 2.29. The number of nitrogens with one attached hydrogen (secondary N) is 1. The van der Waals surface area contributed by atoms with Gasteiger partial charge in [-0.15, -0.1) is 0 Å². The van der Waals surface area contributed by atoms with Gasteiger partial charge in [-0.25, -0.2) is 4.79 Å². The van der Waals surface area contributed by atoms with E-state index in [1.165, 1.54) is 12.5 Å². The molecule has 1 fully saturated rings. The van der Waals surface area contributed by atoms with E-state index in [1.807, 2.05) is 6.07 Å². The second-order valence-corrected chi connectivity index (χ2v) is 7.03. The van der Waals surface area contributed by atoms with Gasteiger partial charge >= 0.3 is 5.97 Å². The standard InChI is InChI=1S/C21H26N2O3/c1-14-5-4-6-19(15(14)2)23-21(25)16(3)26-20(24)12-11-17-7-9-18(13-22)10-8-17/h7-12,14-16,19H,4-6H2,1-3H3,(H,23,25)/b12-11+/t14-,15-,16-,19+/m1/s1. The van der Waals surface area contributed by atoms with Gasteiger partial charge in [0, 0.05) is 12.1 Å². The highest BCUT2D eigenvalue weighted by Crippen LogP contribution is 2.29. The summed E-state index contributed by atoms with van der Waals surface area (Å²) in [7, 11) is 0. The number of benzene rings is 1. The monoisotopic (exact) mass is 354 g/mol. The molecule has 0 bridgehead atoms. The number of carbonyl (C=O) groups is 2. The molecule has 0 aliphatic heterocycles. The number of nitriles is 1. The maximum atomic E-state index is 12.3. The minimum absolute atomic E-state index is 0.140. The zero-order valence-corrected chi connectivity index (χ0v) is 15.6. The summed E-state index contributed by atoms with van der Waals surface area (Å²) in [4.78, 5) is 24.2. The van der Waals surface area contributed by atoms with E-state index >= 15 is 0 Å². The number of nitrogens with zero attached hydrogens (tertiary/aromatic N) is 1. The first-order valence-electron chi connectivity index (χ1n) is 9.10. The lowest BCUT2D eigenvalue weighted by Gasteiger charge is -2.35. The molecule has 138 valence electrons. The number of rotatable bonds is 5. The summed E-state index contributed by atoms with van der Waals surface area (Å²) in [6.45, 7) is 5.95. The van der Waals surface area contributed by atoms with Crippen LogP contribution in [0.4, 0.5) is 0 Å². The van der Waals surface area contributed by atoms with Gasteiger partial charge in [-0.2, -0.15) is 5.26 Å². The Hall–Kier alpha value is -2.61. The summed E-state index contributed by atoms with van der Waals surface area (Å²) in [5.74, 6) is 0.187. The Bertz CT molecular complexity index is 703. The van der Waals surface area contributed by atoms with Crippen LogP contribution in [0.1, 0.15) is 51.2 Å². The maximum absolute atomic E-state index is 12.3. The molecule has 0 unspecified atom stereocenters. The Labute approximate surface area is 155 Å². The largest absolute Gasteiger partial charge is 0.449 e. The molecule has 0 heterocycles. The fraction of sp³-hybridized carbons (Fsp3) is 0.476. The van der Waals surface area contributed by atoms with Gasteiger partial charge in [0.05, 0.1) is 11.6 Å². The molecule has 2 rings (SSSR count). The summed E-state index contributed by atoms with van der Waals surface area (Å²) in [6.07, 6.45) is 5.32. The Kier molecular flexibility index (Phi) is 6.97. The molecule has 1 saturated carbocycles. The lowest BCUT2D eigenvalue weighted by atomic mass is 9.78. The molecular formula is C21H26N2O3. The molecule has 5 nitrogen and oxygen atoms in total. The normalized spacial score (nSPS) is 23.8. The van der Waals surface area contributed by atoms with Crippen molar-refractivity contribution >= 4 is 18.0 Å². The van der Waals surface area contributed by atoms with E-state index in [0.717, 1.165) is 18.4 Å². The van der Waals surface area contributed by atoms with Gasteiger partial charge in [-0.3, -0.25) is 4.79 Å². The van der Waals surface area contributed by atoms with E-state index in [2.05, 4.69) is 19.2 Å². The van der Waals surface area contributed by atoms with Crippen LogP contribution >= 0.6 is 0 Å². The zero-order valence-electron chi connectivity index (χ0n) is 15.6. The predicted octanol–water partition coefficient (Wildman–Crippen LogP) is 3.44. The number of hydrogen-bond donors (Lipinski definition) is 1. The SMILES string of the molecule is C[C@@H]1[C@H](C)CCC[C@@H]1NC(=O)[C@@H](C)OC(=O)/C=C/c1ccc(C#N)cc1. The fourth-order valence-corrected chi connectivity index (χ4v) is 3.19. The lowest BCUT2D eigenvalue weighted by molar-refractivity contribution is -0.150. The molecule has 26 heavy (non-hydrogen) atoms. The first-order chi connectivity index (χ1) is 12.4. The molecule has 1 aliphatic rings. The zero-order chi connectivity index (χ0) is 19.1. The van der Waals surface area contributed by atoms with Crippen LogP contribution in [-0.4, -0.2) is 24.0 Å². The average Bonchev–Trinajstić information content (AvgIpc) is 2.64. The van der Waals surface area contributed by atoms with Crippen LogP contribution in [0, 0.1) is 23.2 Å². The lowest BCUT2D eigenvalue weighted by Crippen LogP contribution is -2.47. The molecule has 0 saturated heterocycles. The van der Waals surface area contributed by atoms with Crippen molar-refractivity contribution in [3.8, 4) is 6.07 Å². The molecule has 1 aliphatic carbocycles. The molecule has 1 N–H and O–H groups in total. The third kappa shape index (κ3) is 5.45. The maximum Gasteiger partial charge on any atom is 0.331 e. The van der Waals surface area contributed by atoms with Gasteiger partial charge in [0.2, 0.25) is 0 Å². The van der Waals surface area contributed by atoms with Crippen LogP contribution in [0.5, 0.6) is 0 Å². The highest BCUT2D eigenvalue weighted by molar-refractivity contribution is 5.90. The Morgan fingerprint density at radius 3 is 2.62 bits per heavy atom. The molecule has 0 radical (unpaired) electrons. The third-order valence-electron chi connectivity index (χ3n) is 5.15.